The van der Waals surface area contributed by atoms with E-state index in [0.29, 0.717) is 27.3 Å². The standard InChI is InChI=1S/C18H11Cl2FN4S/c19-11-3-1-10(2-4-11)9-26-18-15(21)8-24-17(25-18)14-7-23-16-13(14)5-12(20)6-22-16/h1-8H,9H2,(H,22,23). The molecule has 3 aromatic heterocycles. The molecule has 26 heavy (non-hydrogen) atoms. The molecule has 0 saturated heterocycles. The molecule has 130 valence electrons. The normalized spacial score (nSPS) is 11.2. The number of thioether (sulfide) groups is 1. The summed E-state index contributed by atoms with van der Waals surface area (Å²) in [6, 6.07) is 9.21. The van der Waals surface area contributed by atoms with E-state index < -0.39 is 5.82 Å². The summed E-state index contributed by atoms with van der Waals surface area (Å²) < 4.78 is 14.1. The molecule has 0 radical (unpaired) electrons. The van der Waals surface area contributed by atoms with Crippen LogP contribution in [0.15, 0.2) is 53.9 Å². The van der Waals surface area contributed by atoms with Crippen LogP contribution in [-0.4, -0.2) is 19.9 Å². The molecule has 4 rings (SSSR count). The molecule has 0 aliphatic carbocycles. The Morgan fingerprint density at radius 2 is 1.85 bits per heavy atom. The minimum absolute atomic E-state index is 0.286. The van der Waals surface area contributed by atoms with E-state index in [1.165, 1.54) is 18.0 Å². The number of aromatic amines is 1. The lowest BCUT2D eigenvalue weighted by Gasteiger charge is -2.05. The Morgan fingerprint density at radius 1 is 1.04 bits per heavy atom. The lowest BCUT2D eigenvalue weighted by Crippen LogP contribution is -1.95. The van der Waals surface area contributed by atoms with Gasteiger partial charge in [-0.2, -0.15) is 0 Å². The lowest BCUT2D eigenvalue weighted by atomic mass is 10.2. The van der Waals surface area contributed by atoms with Gasteiger partial charge in [-0.05, 0) is 23.8 Å². The predicted octanol–water partition coefficient (Wildman–Crippen LogP) is 5.76. The predicted molar refractivity (Wildman–Crippen MR) is 103 cm³/mol. The van der Waals surface area contributed by atoms with E-state index in [1.54, 1.807) is 18.5 Å². The van der Waals surface area contributed by atoms with Crippen molar-refractivity contribution in [3.8, 4) is 11.4 Å². The van der Waals surface area contributed by atoms with Crippen LogP contribution in [0.1, 0.15) is 5.56 Å². The molecule has 0 amide bonds. The van der Waals surface area contributed by atoms with Crippen molar-refractivity contribution in [1.82, 2.24) is 19.9 Å². The molecule has 4 nitrogen and oxygen atoms in total. The highest BCUT2D eigenvalue weighted by Crippen LogP contribution is 2.30. The Hall–Kier alpha value is -2.15. The number of pyridine rings is 1. The van der Waals surface area contributed by atoms with Gasteiger partial charge in [-0.25, -0.2) is 19.3 Å². The van der Waals surface area contributed by atoms with Crippen LogP contribution >= 0.6 is 35.0 Å². The van der Waals surface area contributed by atoms with Gasteiger partial charge in [0, 0.05) is 34.1 Å². The Balaban J connectivity index is 1.65. The maximum Gasteiger partial charge on any atom is 0.173 e. The SMILES string of the molecule is Fc1cnc(-c2c[nH]c3ncc(Cl)cc23)nc1SCc1ccc(Cl)cc1. The molecule has 0 aliphatic heterocycles. The first kappa shape index (κ1) is 17.3. The quantitative estimate of drug-likeness (QED) is 0.347. The van der Waals surface area contributed by atoms with Crippen LogP contribution in [0, 0.1) is 5.82 Å². The number of nitrogens with zero attached hydrogens (tertiary/aromatic N) is 3. The first-order valence-corrected chi connectivity index (χ1v) is 9.37. The molecule has 1 N–H and O–H groups in total. The van der Waals surface area contributed by atoms with Crippen molar-refractivity contribution in [3.63, 3.8) is 0 Å². The van der Waals surface area contributed by atoms with Gasteiger partial charge < -0.3 is 4.98 Å². The molecule has 0 fully saturated rings. The fourth-order valence-corrected chi connectivity index (χ4v) is 3.60. The van der Waals surface area contributed by atoms with Gasteiger partial charge in [0.25, 0.3) is 0 Å². The third-order valence-corrected chi connectivity index (χ3v) is 5.24. The van der Waals surface area contributed by atoms with Gasteiger partial charge in [0.1, 0.15) is 10.7 Å². The van der Waals surface area contributed by atoms with Crippen molar-refractivity contribution in [2.75, 3.05) is 0 Å². The first-order chi connectivity index (χ1) is 12.6. The van der Waals surface area contributed by atoms with Gasteiger partial charge in [-0.15, -0.1) is 0 Å². The van der Waals surface area contributed by atoms with Crippen molar-refractivity contribution in [1.29, 1.82) is 0 Å². The average Bonchev–Trinajstić information content (AvgIpc) is 3.05. The zero-order valence-corrected chi connectivity index (χ0v) is 15.5. The van der Waals surface area contributed by atoms with Crippen LogP contribution in [0.4, 0.5) is 4.39 Å². The maximum absolute atomic E-state index is 14.1. The van der Waals surface area contributed by atoms with Crippen LogP contribution in [0.2, 0.25) is 10.0 Å². The highest BCUT2D eigenvalue weighted by atomic mass is 35.5. The molecule has 0 aliphatic rings. The molecule has 1 aromatic carbocycles. The second kappa shape index (κ2) is 7.23. The molecule has 0 spiro atoms. The lowest BCUT2D eigenvalue weighted by molar-refractivity contribution is 0.580. The van der Waals surface area contributed by atoms with Crippen molar-refractivity contribution in [2.45, 2.75) is 10.8 Å². The number of halogens is 3. The largest absolute Gasteiger partial charge is 0.345 e. The van der Waals surface area contributed by atoms with Crippen LogP contribution in [-0.2, 0) is 5.75 Å². The van der Waals surface area contributed by atoms with E-state index in [2.05, 4.69) is 19.9 Å². The van der Waals surface area contributed by atoms with Crippen molar-refractivity contribution >= 4 is 46.0 Å². The summed E-state index contributed by atoms with van der Waals surface area (Å²) in [6.45, 7) is 0. The Labute approximate surface area is 162 Å². The third-order valence-electron chi connectivity index (χ3n) is 3.74. The highest BCUT2D eigenvalue weighted by Gasteiger charge is 2.14. The fraction of sp³-hybridized carbons (Fsp3) is 0.0556. The first-order valence-electron chi connectivity index (χ1n) is 7.63. The Morgan fingerprint density at radius 3 is 2.65 bits per heavy atom. The van der Waals surface area contributed by atoms with Gasteiger partial charge in [0.2, 0.25) is 0 Å². The number of fused-ring (bicyclic) bond motifs is 1. The van der Waals surface area contributed by atoms with E-state index in [4.69, 9.17) is 23.2 Å². The molecule has 0 saturated carbocycles. The molecular formula is C18H11Cl2FN4S. The summed E-state index contributed by atoms with van der Waals surface area (Å²) in [4.78, 5) is 15.8. The topological polar surface area (TPSA) is 54.5 Å². The van der Waals surface area contributed by atoms with Crippen LogP contribution < -0.4 is 0 Å². The number of hydrogen-bond acceptors (Lipinski definition) is 4. The summed E-state index contributed by atoms with van der Waals surface area (Å²) in [7, 11) is 0. The fourth-order valence-electron chi connectivity index (χ4n) is 2.48. The van der Waals surface area contributed by atoms with E-state index >= 15 is 0 Å². The maximum atomic E-state index is 14.1. The summed E-state index contributed by atoms with van der Waals surface area (Å²) in [5.41, 5.74) is 2.43. The zero-order chi connectivity index (χ0) is 18.1. The smallest absolute Gasteiger partial charge is 0.173 e. The van der Waals surface area contributed by atoms with Gasteiger partial charge in [-0.3, -0.25) is 0 Å². The minimum atomic E-state index is -0.455. The van der Waals surface area contributed by atoms with Crippen LogP contribution in [0.25, 0.3) is 22.4 Å². The number of H-pyrrole nitrogens is 1. The van der Waals surface area contributed by atoms with Crippen LogP contribution in [0.3, 0.4) is 0 Å². The van der Waals surface area contributed by atoms with E-state index in [1.807, 2.05) is 24.3 Å². The summed E-state index contributed by atoms with van der Waals surface area (Å²) >= 11 is 13.2. The summed E-state index contributed by atoms with van der Waals surface area (Å²) in [5.74, 6) is 0.537. The number of rotatable bonds is 4. The molecular weight excluding hydrogens is 394 g/mol. The molecule has 0 atom stereocenters. The molecule has 3 heterocycles. The van der Waals surface area contributed by atoms with Crippen molar-refractivity contribution < 1.29 is 4.39 Å². The Bertz CT molecular complexity index is 1080. The molecule has 0 bridgehead atoms. The van der Waals surface area contributed by atoms with Gasteiger partial charge in [0.15, 0.2) is 11.6 Å². The second-order valence-corrected chi connectivity index (χ2v) is 7.35. The highest BCUT2D eigenvalue weighted by molar-refractivity contribution is 7.98. The van der Waals surface area contributed by atoms with Crippen molar-refractivity contribution in [2.24, 2.45) is 0 Å². The number of nitrogens with one attached hydrogen (secondary N) is 1. The molecule has 4 aromatic rings. The van der Waals surface area contributed by atoms with Crippen LogP contribution in [0.5, 0.6) is 0 Å². The number of hydrogen-bond donors (Lipinski definition) is 1. The van der Waals surface area contributed by atoms with Gasteiger partial charge in [0.05, 0.1) is 11.2 Å². The number of benzene rings is 1. The van der Waals surface area contributed by atoms with E-state index in [0.717, 1.165) is 16.5 Å². The summed E-state index contributed by atoms with van der Waals surface area (Å²) in [5, 5.41) is 2.26. The molecule has 0 unspecified atom stereocenters. The molecule has 8 heteroatoms. The van der Waals surface area contributed by atoms with Crippen molar-refractivity contribution in [3.05, 3.63) is 70.3 Å². The van der Waals surface area contributed by atoms with Gasteiger partial charge >= 0.3 is 0 Å². The zero-order valence-electron chi connectivity index (χ0n) is 13.2. The van der Waals surface area contributed by atoms with Gasteiger partial charge in [-0.1, -0.05) is 47.1 Å². The summed E-state index contributed by atoms with van der Waals surface area (Å²) in [6.07, 6.45) is 4.49. The minimum Gasteiger partial charge on any atom is -0.345 e. The Kier molecular flexibility index (Phi) is 4.80. The van der Waals surface area contributed by atoms with E-state index in [-0.39, 0.29) is 5.03 Å². The average molecular weight is 405 g/mol. The third kappa shape index (κ3) is 3.53. The second-order valence-electron chi connectivity index (χ2n) is 5.51. The monoisotopic (exact) mass is 404 g/mol. The van der Waals surface area contributed by atoms with E-state index in [9.17, 15) is 4.39 Å². The number of aromatic nitrogens is 4.